The molecule has 0 aliphatic heterocycles. The third-order valence-corrected chi connectivity index (χ3v) is 4.61. The summed E-state index contributed by atoms with van der Waals surface area (Å²) < 4.78 is 22.9. The maximum Gasteiger partial charge on any atom is 0.293 e. The van der Waals surface area contributed by atoms with Crippen LogP contribution in [-0.4, -0.2) is 43.8 Å². The first-order chi connectivity index (χ1) is 10.8. The van der Waals surface area contributed by atoms with Crippen molar-refractivity contribution < 1.29 is 13.3 Å². The van der Waals surface area contributed by atoms with Crippen molar-refractivity contribution in [1.82, 2.24) is 10.6 Å². The van der Waals surface area contributed by atoms with Crippen molar-refractivity contribution in [2.45, 2.75) is 23.8 Å². The van der Waals surface area contributed by atoms with Crippen LogP contribution in [0.1, 0.15) is 12.8 Å². The van der Waals surface area contributed by atoms with E-state index in [2.05, 4.69) is 16.0 Å². The monoisotopic (exact) mass is 358 g/mol. The summed E-state index contributed by atoms with van der Waals surface area (Å²) in [6, 6.07) is 4.27. The van der Waals surface area contributed by atoms with Gasteiger partial charge in [-0.05, 0) is 37.2 Å². The van der Waals surface area contributed by atoms with Crippen LogP contribution in [-0.2, 0) is 9.84 Å². The zero-order valence-corrected chi connectivity index (χ0v) is 14.2. The largest absolute Gasteiger partial charge is 0.378 e. The van der Waals surface area contributed by atoms with Crippen molar-refractivity contribution in [1.29, 1.82) is 0 Å². The van der Waals surface area contributed by atoms with E-state index < -0.39 is 14.8 Å². The van der Waals surface area contributed by atoms with Gasteiger partial charge in [-0.25, -0.2) is 8.42 Å². The minimum atomic E-state index is -3.49. The van der Waals surface area contributed by atoms with Gasteiger partial charge in [-0.1, -0.05) is 0 Å². The highest BCUT2D eigenvalue weighted by Crippen LogP contribution is 2.27. The van der Waals surface area contributed by atoms with Gasteiger partial charge in [0.2, 0.25) is 0 Å². The Hall–Kier alpha value is -1.94. The van der Waals surface area contributed by atoms with E-state index in [-0.39, 0.29) is 16.3 Å². The quantitative estimate of drug-likeness (QED) is 0.287. The van der Waals surface area contributed by atoms with Gasteiger partial charge >= 0.3 is 0 Å². The molecule has 23 heavy (non-hydrogen) atoms. The van der Waals surface area contributed by atoms with Crippen molar-refractivity contribution in [2.24, 2.45) is 0 Å². The molecule has 1 aliphatic carbocycles. The maximum absolute atomic E-state index is 11.5. The Kier molecular flexibility index (Phi) is 5.37. The number of rotatable bonds is 7. The minimum Gasteiger partial charge on any atom is -0.378 e. The second-order valence-electron chi connectivity index (χ2n) is 5.31. The Balaban J connectivity index is 1.93. The molecule has 0 amide bonds. The maximum atomic E-state index is 11.5. The lowest BCUT2D eigenvalue weighted by molar-refractivity contribution is -0.384. The summed E-state index contributed by atoms with van der Waals surface area (Å²) in [6.45, 7) is 0.898. The average molecular weight is 358 g/mol. The Bertz CT molecular complexity index is 717. The van der Waals surface area contributed by atoms with Crippen LogP contribution in [0, 0.1) is 10.1 Å². The standard InChI is InChI=1S/C13H18N4O4S2/c1-23(20,21)10-4-5-11(12(8-10)17(18)19)14-6-7-15-13(22)16-9-2-3-9/h4-5,8-9,14H,2-3,6-7H2,1H3,(H2,15,16,22). The molecular formula is C13H18N4O4S2. The normalized spacial score (nSPS) is 14.1. The number of hydrogen-bond acceptors (Lipinski definition) is 6. The molecule has 1 fully saturated rings. The lowest BCUT2D eigenvalue weighted by Crippen LogP contribution is -2.38. The molecule has 0 spiro atoms. The minimum absolute atomic E-state index is 0.0808. The summed E-state index contributed by atoms with van der Waals surface area (Å²) >= 11 is 5.10. The van der Waals surface area contributed by atoms with Gasteiger partial charge in [0.15, 0.2) is 14.9 Å². The zero-order chi connectivity index (χ0) is 17.0. The lowest BCUT2D eigenvalue weighted by atomic mass is 10.2. The van der Waals surface area contributed by atoms with E-state index in [1.165, 1.54) is 12.1 Å². The first-order valence-corrected chi connectivity index (χ1v) is 9.34. The van der Waals surface area contributed by atoms with Crippen molar-refractivity contribution in [2.75, 3.05) is 24.7 Å². The van der Waals surface area contributed by atoms with Gasteiger partial charge in [-0.15, -0.1) is 0 Å². The van der Waals surface area contributed by atoms with E-state index in [1.807, 2.05) is 0 Å². The molecule has 1 aromatic carbocycles. The van der Waals surface area contributed by atoms with E-state index in [0.717, 1.165) is 25.2 Å². The predicted molar refractivity (Wildman–Crippen MR) is 91.5 cm³/mol. The number of nitro groups is 1. The predicted octanol–water partition coefficient (Wildman–Crippen LogP) is 1.04. The molecule has 8 nitrogen and oxygen atoms in total. The van der Waals surface area contributed by atoms with Crippen LogP contribution in [0.3, 0.4) is 0 Å². The third-order valence-electron chi connectivity index (χ3n) is 3.23. The van der Waals surface area contributed by atoms with Crippen molar-refractivity contribution >= 4 is 38.5 Å². The number of thiocarbonyl (C=S) groups is 1. The van der Waals surface area contributed by atoms with Crippen LogP contribution < -0.4 is 16.0 Å². The van der Waals surface area contributed by atoms with Crippen molar-refractivity contribution in [3.8, 4) is 0 Å². The van der Waals surface area contributed by atoms with Gasteiger partial charge < -0.3 is 16.0 Å². The SMILES string of the molecule is CS(=O)(=O)c1ccc(NCCNC(=S)NC2CC2)c([N+](=O)[O-])c1. The van der Waals surface area contributed by atoms with Crippen LogP contribution in [0.15, 0.2) is 23.1 Å². The average Bonchev–Trinajstić information content (AvgIpc) is 3.26. The molecule has 1 saturated carbocycles. The molecular weight excluding hydrogens is 340 g/mol. The van der Waals surface area contributed by atoms with Gasteiger partial charge in [0.1, 0.15) is 5.69 Å². The topological polar surface area (TPSA) is 113 Å². The molecule has 0 unspecified atom stereocenters. The fourth-order valence-corrected chi connectivity index (χ4v) is 2.79. The molecule has 0 saturated heterocycles. The first kappa shape index (κ1) is 17.4. The highest BCUT2D eigenvalue weighted by Gasteiger charge is 2.21. The van der Waals surface area contributed by atoms with Crippen LogP contribution in [0.2, 0.25) is 0 Å². The molecule has 10 heteroatoms. The number of benzene rings is 1. The second-order valence-corrected chi connectivity index (χ2v) is 7.73. The highest BCUT2D eigenvalue weighted by atomic mass is 32.2. The summed E-state index contributed by atoms with van der Waals surface area (Å²) in [4.78, 5) is 10.4. The number of hydrogen-bond donors (Lipinski definition) is 3. The number of anilines is 1. The number of nitrogens with zero attached hydrogens (tertiary/aromatic N) is 1. The van der Waals surface area contributed by atoms with Gasteiger partial charge in [0.05, 0.1) is 9.82 Å². The summed E-state index contributed by atoms with van der Waals surface area (Å²) in [5, 5.41) is 20.7. The van der Waals surface area contributed by atoms with E-state index in [1.54, 1.807) is 0 Å². The van der Waals surface area contributed by atoms with Crippen LogP contribution in [0.25, 0.3) is 0 Å². The molecule has 3 N–H and O–H groups in total. The molecule has 2 rings (SSSR count). The van der Waals surface area contributed by atoms with Crippen molar-refractivity contribution in [3.63, 3.8) is 0 Å². The first-order valence-electron chi connectivity index (χ1n) is 7.04. The molecule has 0 atom stereocenters. The second kappa shape index (κ2) is 7.09. The van der Waals surface area contributed by atoms with Gasteiger partial charge in [-0.2, -0.15) is 0 Å². The highest BCUT2D eigenvalue weighted by molar-refractivity contribution is 7.90. The molecule has 1 aromatic rings. The number of nitrogens with one attached hydrogen (secondary N) is 3. The Morgan fingerprint density at radius 2 is 2.09 bits per heavy atom. The Morgan fingerprint density at radius 1 is 1.39 bits per heavy atom. The van der Waals surface area contributed by atoms with Gasteiger partial charge in [0, 0.05) is 31.5 Å². The Labute approximate surface area is 139 Å². The molecule has 0 radical (unpaired) electrons. The van der Waals surface area contributed by atoms with Crippen LogP contribution in [0.4, 0.5) is 11.4 Å². The van der Waals surface area contributed by atoms with Crippen molar-refractivity contribution in [3.05, 3.63) is 28.3 Å². The van der Waals surface area contributed by atoms with Gasteiger partial charge in [-0.3, -0.25) is 10.1 Å². The smallest absolute Gasteiger partial charge is 0.293 e. The molecule has 1 aliphatic rings. The Morgan fingerprint density at radius 3 is 2.65 bits per heavy atom. The van der Waals surface area contributed by atoms with Gasteiger partial charge in [0.25, 0.3) is 5.69 Å². The third kappa shape index (κ3) is 5.32. The fourth-order valence-electron chi connectivity index (χ4n) is 1.88. The van der Waals surface area contributed by atoms with E-state index in [0.29, 0.717) is 24.2 Å². The molecule has 0 bridgehead atoms. The lowest BCUT2D eigenvalue weighted by Gasteiger charge is -2.11. The molecule has 0 aromatic heterocycles. The molecule has 126 valence electrons. The number of nitro benzene ring substituents is 1. The summed E-state index contributed by atoms with van der Waals surface area (Å²) in [5.41, 5.74) is -0.00289. The molecule has 0 heterocycles. The van der Waals surface area contributed by atoms with Crippen LogP contribution in [0.5, 0.6) is 0 Å². The summed E-state index contributed by atoms with van der Waals surface area (Å²) in [6.07, 6.45) is 3.26. The van der Waals surface area contributed by atoms with Crippen LogP contribution >= 0.6 is 12.2 Å². The fraction of sp³-hybridized carbons (Fsp3) is 0.462. The van der Waals surface area contributed by atoms with E-state index >= 15 is 0 Å². The van der Waals surface area contributed by atoms with E-state index in [4.69, 9.17) is 12.2 Å². The number of sulfone groups is 1. The van der Waals surface area contributed by atoms with E-state index in [9.17, 15) is 18.5 Å². The zero-order valence-electron chi connectivity index (χ0n) is 12.5. The summed E-state index contributed by atoms with van der Waals surface area (Å²) in [5.74, 6) is 0. The summed E-state index contributed by atoms with van der Waals surface area (Å²) in [7, 11) is -3.49.